The highest BCUT2D eigenvalue weighted by atomic mass is 16.2. The number of benzene rings is 1. The number of carbonyl (C=O) groups is 1. The normalized spacial score (nSPS) is 21.2. The van der Waals surface area contributed by atoms with Crippen LogP contribution in [0.3, 0.4) is 0 Å². The van der Waals surface area contributed by atoms with Gasteiger partial charge in [0.2, 0.25) is 0 Å². The van der Waals surface area contributed by atoms with Crippen molar-refractivity contribution in [1.29, 1.82) is 0 Å². The highest BCUT2D eigenvalue weighted by molar-refractivity contribution is 5.93. The van der Waals surface area contributed by atoms with E-state index < -0.39 is 0 Å². The third-order valence-corrected chi connectivity index (χ3v) is 5.05. The molecule has 2 aliphatic rings. The lowest BCUT2D eigenvalue weighted by Crippen LogP contribution is -2.49. The van der Waals surface area contributed by atoms with Gasteiger partial charge >= 0.3 is 0 Å². The number of piperazine rings is 1. The largest absolute Gasteiger partial charge is 0.336 e. The van der Waals surface area contributed by atoms with E-state index in [0.717, 1.165) is 26.2 Å². The Bertz CT molecular complexity index is 693. The van der Waals surface area contributed by atoms with Crippen LogP contribution in [0.25, 0.3) is 0 Å². The molecule has 23 heavy (non-hydrogen) atoms. The number of hydrogen-bond donors (Lipinski definition) is 0. The molecule has 1 fully saturated rings. The number of carbonyl (C=O) groups excluding carboxylic acids is 1. The van der Waals surface area contributed by atoms with Crippen LogP contribution in [0.1, 0.15) is 33.9 Å². The quantitative estimate of drug-likeness (QED) is 0.855. The van der Waals surface area contributed by atoms with Gasteiger partial charge in [0.25, 0.3) is 5.91 Å². The molecule has 2 heterocycles. The molecule has 4 nitrogen and oxygen atoms in total. The molecule has 0 bridgehead atoms. The Labute approximate surface area is 136 Å². The SMILES string of the molecule is O=C(c1cccnc1)N1CCN(C2CCc3ccccc32)CC1. The third-order valence-electron chi connectivity index (χ3n) is 5.05. The number of aryl methyl sites for hydroxylation is 1. The van der Waals surface area contributed by atoms with Gasteiger partial charge < -0.3 is 4.90 Å². The Morgan fingerprint density at radius 3 is 2.65 bits per heavy atom. The number of pyridine rings is 1. The van der Waals surface area contributed by atoms with Crippen molar-refractivity contribution in [2.24, 2.45) is 0 Å². The van der Waals surface area contributed by atoms with Crippen molar-refractivity contribution in [2.75, 3.05) is 26.2 Å². The van der Waals surface area contributed by atoms with Crippen LogP contribution < -0.4 is 0 Å². The number of hydrogen-bond acceptors (Lipinski definition) is 3. The molecular weight excluding hydrogens is 286 g/mol. The Balaban J connectivity index is 1.41. The van der Waals surface area contributed by atoms with E-state index in [2.05, 4.69) is 34.1 Å². The van der Waals surface area contributed by atoms with Crippen LogP contribution in [0, 0.1) is 0 Å². The van der Waals surface area contributed by atoms with Gasteiger partial charge in [0.05, 0.1) is 5.56 Å². The van der Waals surface area contributed by atoms with E-state index in [1.807, 2.05) is 17.0 Å². The average molecular weight is 307 g/mol. The number of amides is 1. The highest BCUT2D eigenvalue weighted by Crippen LogP contribution is 2.35. The molecule has 0 saturated carbocycles. The molecule has 118 valence electrons. The van der Waals surface area contributed by atoms with Gasteiger partial charge in [0, 0.05) is 44.6 Å². The van der Waals surface area contributed by atoms with Crippen LogP contribution in [0.15, 0.2) is 48.8 Å². The van der Waals surface area contributed by atoms with Gasteiger partial charge in [-0.2, -0.15) is 0 Å². The zero-order valence-electron chi connectivity index (χ0n) is 13.2. The molecule has 1 aliphatic heterocycles. The Hall–Kier alpha value is -2.20. The van der Waals surface area contributed by atoms with Crippen LogP contribution in [0.4, 0.5) is 0 Å². The molecule has 1 aliphatic carbocycles. The summed E-state index contributed by atoms with van der Waals surface area (Å²) in [5, 5.41) is 0. The zero-order chi connectivity index (χ0) is 15.6. The molecule has 1 amide bonds. The maximum Gasteiger partial charge on any atom is 0.255 e. The maximum absolute atomic E-state index is 12.5. The summed E-state index contributed by atoms with van der Waals surface area (Å²) in [7, 11) is 0. The van der Waals surface area contributed by atoms with Crippen LogP contribution in [0.5, 0.6) is 0 Å². The topological polar surface area (TPSA) is 36.4 Å². The standard InChI is InChI=1S/C19H21N3O/c23-19(16-5-3-9-20-14-16)22-12-10-21(11-13-22)18-8-7-15-4-1-2-6-17(15)18/h1-6,9,14,18H,7-8,10-13H2. The number of fused-ring (bicyclic) bond motifs is 1. The number of rotatable bonds is 2. The number of nitrogens with zero attached hydrogens (tertiary/aromatic N) is 3. The van der Waals surface area contributed by atoms with Crippen molar-refractivity contribution in [3.05, 3.63) is 65.5 Å². The van der Waals surface area contributed by atoms with Crippen LogP contribution >= 0.6 is 0 Å². The second-order valence-corrected chi connectivity index (χ2v) is 6.32. The van der Waals surface area contributed by atoms with E-state index in [4.69, 9.17) is 0 Å². The average Bonchev–Trinajstić information content (AvgIpc) is 3.06. The molecule has 1 aromatic heterocycles. The van der Waals surface area contributed by atoms with Crippen molar-refractivity contribution >= 4 is 5.91 Å². The monoisotopic (exact) mass is 307 g/mol. The Morgan fingerprint density at radius 2 is 1.87 bits per heavy atom. The van der Waals surface area contributed by atoms with Crippen molar-refractivity contribution < 1.29 is 4.79 Å². The van der Waals surface area contributed by atoms with Crippen LogP contribution in [0.2, 0.25) is 0 Å². The summed E-state index contributed by atoms with van der Waals surface area (Å²) in [6, 6.07) is 13.0. The molecule has 2 aromatic rings. The van der Waals surface area contributed by atoms with Crippen molar-refractivity contribution in [1.82, 2.24) is 14.8 Å². The molecule has 4 rings (SSSR count). The molecule has 1 atom stereocenters. The highest BCUT2D eigenvalue weighted by Gasteiger charge is 2.31. The molecule has 1 aromatic carbocycles. The van der Waals surface area contributed by atoms with Crippen LogP contribution in [-0.4, -0.2) is 46.9 Å². The minimum atomic E-state index is 0.101. The second-order valence-electron chi connectivity index (χ2n) is 6.32. The van der Waals surface area contributed by atoms with Crippen molar-refractivity contribution in [2.45, 2.75) is 18.9 Å². The first-order chi connectivity index (χ1) is 11.3. The number of aromatic nitrogens is 1. The van der Waals surface area contributed by atoms with E-state index in [1.165, 1.54) is 24.0 Å². The lowest BCUT2D eigenvalue weighted by atomic mass is 10.1. The summed E-state index contributed by atoms with van der Waals surface area (Å²) in [5.74, 6) is 0.101. The smallest absolute Gasteiger partial charge is 0.255 e. The molecule has 0 N–H and O–H groups in total. The predicted octanol–water partition coefficient (Wildman–Crippen LogP) is 2.53. The van der Waals surface area contributed by atoms with Gasteiger partial charge in [-0.15, -0.1) is 0 Å². The van der Waals surface area contributed by atoms with E-state index in [0.29, 0.717) is 11.6 Å². The summed E-state index contributed by atoms with van der Waals surface area (Å²) in [5.41, 5.74) is 3.66. The Morgan fingerprint density at radius 1 is 1.04 bits per heavy atom. The van der Waals surface area contributed by atoms with Gasteiger partial charge in [0.15, 0.2) is 0 Å². The van der Waals surface area contributed by atoms with E-state index in [-0.39, 0.29) is 5.91 Å². The van der Waals surface area contributed by atoms with Gasteiger partial charge in [-0.1, -0.05) is 24.3 Å². The third kappa shape index (κ3) is 2.75. The molecule has 4 heteroatoms. The molecule has 1 unspecified atom stereocenters. The van der Waals surface area contributed by atoms with Crippen molar-refractivity contribution in [3.8, 4) is 0 Å². The minimum absolute atomic E-state index is 0.101. The van der Waals surface area contributed by atoms with Crippen molar-refractivity contribution in [3.63, 3.8) is 0 Å². The first kappa shape index (κ1) is 14.4. The van der Waals surface area contributed by atoms with E-state index >= 15 is 0 Å². The molecular formula is C19H21N3O. The Kier molecular flexibility index (Phi) is 3.83. The first-order valence-corrected chi connectivity index (χ1v) is 8.34. The fourth-order valence-corrected chi connectivity index (χ4v) is 3.82. The maximum atomic E-state index is 12.5. The van der Waals surface area contributed by atoms with E-state index in [1.54, 1.807) is 12.4 Å². The summed E-state index contributed by atoms with van der Waals surface area (Å²) < 4.78 is 0. The minimum Gasteiger partial charge on any atom is -0.336 e. The summed E-state index contributed by atoms with van der Waals surface area (Å²) in [6.07, 6.45) is 5.74. The zero-order valence-corrected chi connectivity index (χ0v) is 13.2. The van der Waals surface area contributed by atoms with Gasteiger partial charge in [0.1, 0.15) is 0 Å². The molecule has 1 saturated heterocycles. The first-order valence-electron chi connectivity index (χ1n) is 8.34. The van der Waals surface area contributed by atoms with Gasteiger partial charge in [-0.25, -0.2) is 0 Å². The lowest BCUT2D eigenvalue weighted by molar-refractivity contribution is 0.0567. The fourth-order valence-electron chi connectivity index (χ4n) is 3.82. The predicted molar refractivity (Wildman–Crippen MR) is 89.2 cm³/mol. The van der Waals surface area contributed by atoms with Gasteiger partial charge in [-0.05, 0) is 36.1 Å². The lowest BCUT2D eigenvalue weighted by Gasteiger charge is -2.38. The fraction of sp³-hybridized carbons (Fsp3) is 0.368. The van der Waals surface area contributed by atoms with Crippen LogP contribution in [-0.2, 0) is 6.42 Å². The summed E-state index contributed by atoms with van der Waals surface area (Å²) in [6.45, 7) is 3.49. The molecule has 0 spiro atoms. The molecule has 0 radical (unpaired) electrons. The van der Waals surface area contributed by atoms with E-state index in [9.17, 15) is 4.79 Å². The summed E-state index contributed by atoms with van der Waals surface area (Å²) >= 11 is 0. The van der Waals surface area contributed by atoms with Gasteiger partial charge in [-0.3, -0.25) is 14.7 Å². The summed E-state index contributed by atoms with van der Waals surface area (Å²) in [4.78, 5) is 21.0. The second kappa shape index (κ2) is 6.13.